The van der Waals surface area contributed by atoms with Gasteiger partial charge in [0.05, 0.1) is 10.0 Å². The summed E-state index contributed by atoms with van der Waals surface area (Å²) in [6.45, 7) is 0.656. The highest BCUT2D eigenvalue weighted by molar-refractivity contribution is 6.42. The summed E-state index contributed by atoms with van der Waals surface area (Å²) >= 11 is 12.3. The number of carbonyl (C=O) groups excluding carboxylic acids is 4. The SMILES string of the molecule is CC(C)[C@H](CC(=O)[C@@H](NC(=O)CC(c1ccccc1)c1ccc(Cl)c(Cl)c1)c1ccccc1)C(=O)C(F)(F)C(=O)NCC(F)(F)F. The fourth-order valence-corrected chi connectivity index (χ4v) is 5.15. The highest BCUT2D eigenvalue weighted by atomic mass is 35.5. The van der Waals surface area contributed by atoms with E-state index in [9.17, 15) is 41.1 Å². The lowest BCUT2D eigenvalue weighted by atomic mass is 9.82. The molecule has 46 heavy (non-hydrogen) atoms. The maximum atomic E-state index is 14.8. The van der Waals surface area contributed by atoms with Crippen LogP contribution in [0.25, 0.3) is 0 Å². The molecule has 6 nitrogen and oxygen atoms in total. The van der Waals surface area contributed by atoms with Crippen molar-refractivity contribution in [1.82, 2.24) is 10.6 Å². The number of hydrogen-bond donors (Lipinski definition) is 2. The van der Waals surface area contributed by atoms with Gasteiger partial charge in [-0.2, -0.15) is 22.0 Å². The topological polar surface area (TPSA) is 92.3 Å². The zero-order valence-corrected chi connectivity index (χ0v) is 26.2. The number of alkyl halides is 5. The summed E-state index contributed by atoms with van der Waals surface area (Å²) in [5.41, 5.74) is 1.72. The van der Waals surface area contributed by atoms with Crippen molar-refractivity contribution in [3.63, 3.8) is 0 Å². The van der Waals surface area contributed by atoms with Crippen LogP contribution < -0.4 is 10.6 Å². The Bertz CT molecular complexity index is 1540. The fourth-order valence-electron chi connectivity index (χ4n) is 4.85. The van der Waals surface area contributed by atoms with E-state index in [0.717, 1.165) is 10.9 Å². The van der Waals surface area contributed by atoms with E-state index in [1.165, 1.54) is 26.0 Å². The molecule has 0 aliphatic carbocycles. The second-order valence-corrected chi connectivity index (χ2v) is 11.8. The zero-order chi connectivity index (χ0) is 34.2. The molecular formula is C33H31Cl2F5N2O4. The summed E-state index contributed by atoms with van der Waals surface area (Å²) in [5, 5.41) is 4.27. The molecule has 3 aromatic rings. The molecule has 0 bridgehead atoms. The van der Waals surface area contributed by atoms with Crippen LogP contribution in [0.5, 0.6) is 0 Å². The van der Waals surface area contributed by atoms with Crippen molar-refractivity contribution in [2.75, 3.05) is 6.54 Å². The van der Waals surface area contributed by atoms with Gasteiger partial charge in [0, 0.05) is 24.7 Å². The summed E-state index contributed by atoms with van der Waals surface area (Å²) in [4.78, 5) is 52.0. The standard InChI is InChI=1S/C33H31Cl2F5N2O4/c1-19(2)23(30(45)33(39,40)31(46)41-18-32(36,37)38)16-27(43)29(21-11-7-4-8-12-21)42-28(44)17-24(20-9-5-3-6-10-20)22-13-14-25(34)26(35)15-22/h3-15,19,23-24,29H,16-18H2,1-2H3,(H,41,46)(H,42,44)/t23-,24?,29-/m0/s1. The Morgan fingerprint density at radius 3 is 1.83 bits per heavy atom. The fraction of sp³-hybridized carbons (Fsp3) is 0.333. The summed E-state index contributed by atoms with van der Waals surface area (Å²) in [6, 6.07) is 20.4. The van der Waals surface area contributed by atoms with E-state index in [2.05, 4.69) is 5.32 Å². The maximum Gasteiger partial charge on any atom is 0.405 e. The van der Waals surface area contributed by atoms with Gasteiger partial charge in [-0.3, -0.25) is 19.2 Å². The van der Waals surface area contributed by atoms with Crippen LogP contribution in [0, 0.1) is 11.8 Å². The molecule has 0 heterocycles. The molecule has 0 fully saturated rings. The van der Waals surface area contributed by atoms with Crippen molar-refractivity contribution in [2.45, 2.75) is 50.7 Å². The molecule has 0 aliphatic rings. The Hall–Kier alpha value is -3.83. The first-order chi connectivity index (χ1) is 21.5. The van der Waals surface area contributed by atoms with Gasteiger partial charge in [0.15, 0.2) is 5.78 Å². The Morgan fingerprint density at radius 1 is 0.739 bits per heavy atom. The van der Waals surface area contributed by atoms with Crippen LogP contribution in [0.3, 0.4) is 0 Å². The number of halogens is 7. The molecule has 1 unspecified atom stereocenters. The monoisotopic (exact) mass is 684 g/mol. The van der Waals surface area contributed by atoms with Crippen molar-refractivity contribution in [1.29, 1.82) is 0 Å². The number of ketones is 2. The molecule has 3 aromatic carbocycles. The van der Waals surface area contributed by atoms with Gasteiger partial charge in [-0.25, -0.2) is 0 Å². The van der Waals surface area contributed by atoms with E-state index in [-0.39, 0.29) is 11.4 Å². The summed E-state index contributed by atoms with van der Waals surface area (Å²) in [7, 11) is 0. The third kappa shape index (κ3) is 9.83. The molecule has 0 aromatic heterocycles. The average molecular weight is 686 g/mol. The molecule has 3 atom stereocenters. The minimum atomic E-state index is -4.98. The number of benzene rings is 3. The van der Waals surface area contributed by atoms with E-state index < -0.39 is 72.2 Å². The lowest BCUT2D eigenvalue weighted by molar-refractivity contribution is -0.167. The van der Waals surface area contributed by atoms with Crippen LogP contribution in [0.1, 0.15) is 55.3 Å². The molecule has 0 radical (unpaired) electrons. The van der Waals surface area contributed by atoms with Gasteiger partial charge in [-0.05, 0) is 34.7 Å². The number of Topliss-reactive ketones (excluding diaryl/α,β-unsaturated/α-hetero) is 2. The van der Waals surface area contributed by atoms with Gasteiger partial charge >= 0.3 is 12.1 Å². The van der Waals surface area contributed by atoms with Gasteiger partial charge in [0.1, 0.15) is 12.6 Å². The highest BCUT2D eigenvalue weighted by Gasteiger charge is 2.51. The molecule has 2 N–H and O–H groups in total. The zero-order valence-electron chi connectivity index (χ0n) is 24.7. The van der Waals surface area contributed by atoms with Crippen LogP contribution in [0.4, 0.5) is 22.0 Å². The van der Waals surface area contributed by atoms with Crippen molar-refractivity contribution in [3.05, 3.63) is 106 Å². The largest absolute Gasteiger partial charge is 0.405 e. The normalized spacial score (nSPS) is 13.9. The molecule has 246 valence electrons. The van der Waals surface area contributed by atoms with Gasteiger partial charge in [-0.15, -0.1) is 0 Å². The molecule has 0 spiro atoms. The molecule has 3 rings (SSSR count). The second-order valence-electron chi connectivity index (χ2n) is 11.0. The van der Waals surface area contributed by atoms with Crippen molar-refractivity contribution < 1.29 is 41.1 Å². The summed E-state index contributed by atoms with van der Waals surface area (Å²) in [5.74, 6) is -13.9. The Labute approximate surface area is 272 Å². The van der Waals surface area contributed by atoms with E-state index in [0.29, 0.717) is 16.1 Å². The van der Waals surface area contributed by atoms with E-state index in [4.69, 9.17) is 23.2 Å². The minimum Gasteiger partial charge on any atom is -0.342 e. The van der Waals surface area contributed by atoms with Gasteiger partial charge in [-0.1, -0.05) is 104 Å². The van der Waals surface area contributed by atoms with Crippen molar-refractivity contribution >= 4 is 46.6 Å². The van der Waals surface area contributed by atoms with Crippen LogP contribution in [-0.2, 0) is 19.2 Å². The van der Waals surface area contributed by atoms with Crippen molar-refractivity contribution in [2.24, 2.45) is 11.8 Å². The Balaban J connectivity index is 1.88. The van der Waals surface area contributed by atoms with E-state index >= 15 is 0 Å². The average Bonchev–Trinajstić information content (AvgIpc) is 3.01. The van der Waals surface area contributed by atoms with Gasteiger partial charge in [0.25, 0.3) is 5.91 Å². The third-order valence-corrected chi connectivity index (χ3v) is 8.04. The van der Waals surface area contributed by atoms with E-state index in [1.54, 1.807) is 54.6 Å². The van der Waals surface area contributed by atoms with Crippen molar-refractivity contribution in [3.8, 4) is 0 Å². The number of nitrogens with one attached hydrogen (secondary N) is 2. The predicted molar refractivity (Wildman–Crippen MR) is 164 cm³/mol. The number of hydrogen-bond acceptors (Lipinski definition) is 4. The molecule has 13 heteroatoms. The Kier molecular flexibility index (Phi) is 12.5. The first-order valence-electron chi connectivity index (χ1n) is 14.1. The summed E-state index contributed by atoms with van der Waals surface area (Å²) < 4.78 is 67.0. The predicted octanol–water partition coefficient (Wildman–Crippen LogP) is 7.49. The van der Waals surface area contributed by atoms with Crippen LogP contribution in [0.2, 0.25) is 10.0 Å². The molecule has 0 saturated carbocycles. The van der Waals surface area contributed by atoms with Gasteiger partial charge in [0.2, 0.25) is 11.7 Å². The minimum absolute atomic E-state index is 0.164. The lowest BCUT2D eigenvalue weighted by Crippen LogP contribution is -2.51. The third-order valence-electron chi connectivity index (χ3n) is 7.30. The maximum absolute atomic E-state index is 14.8. The van der Waals surface area contributed by atoms with E-state index in [1.807, 2.05) is 12.1 Å². The number of rotatable bonds is 14. The lowest BCUT2D eigenvalue weighted by Gasteiger charge is -2.26. The van der Waals surface area contributed by atoms with Crippen LogP contribution >= 0.6 is 23.2 Å². The molecular weight excluding hydrogens is 654 g/mol. The molecule has 0 saturated heterocycles. The first-order valence-corrected chi connectivity index (χ1v) is 14.9. The van der Waals surface area contributed by atoms with Gasteiger partial charge < -0.3 is 10.6 Å². The van der Waals surface area contributed by atoms with Crippen LogP contribution in [0.15, 0.2) is 78.9 Å². The molecule has 2 amide bonds. The first kappa shape index (κ1) is 36.6. The smallest absolute Gasteiger partial charge is 0.342 e. The van der Waals surface area contributed by atoms with Crippen LogP contribution in [-0.4, -0.2) is 42.0 Å². The quantitative estimate of drug-likeness (QED) is 0.136. The summed E-state index contributed by atoms with van der Waals surface area (Å²) in [6.07, 6.45) is -5.97. The highest BCUT2D eigenvalue weighted by Crippen LogP contribution is 2.34. The second kappa shape index (κ2) is 15.6. The molecule has 0 aliphatic heterocycles. The Morgan fingerprint density at radius 2 is 1.30 bits per heavy atom. The number of carbonyl (C=O) groups is 4. The number of amides is 2.